The maximum absolute atomic E-state index is 14.1. The zero-order valence-corrected chi connectivity index (χ0v) is 11.8. The molecule has 1 N–H and O–H groups in total. The predicted molar refractivity (Wildman–Crippen MR) is 67.5 cm³/mol. The summed E-state index contributed by atoms with van der Waals surface area (Å²) in [5, 5.41) is 8.68. The highest BCUT2D eigenvalue weighted by atomic mass is 19.3. The van der Waals surface area contributed by atoms with Crippen LogP contribution in [0.4, 0.5) is 17.6 Å². The highest BCUT2D eigenvalue weighted by Gasteiger charge is 2.43. The number of carbonyl (C=O) groups is 1. The van der Waals surface area contributed by atoms with Gasteiger partial charge in [-0.25, -0.2) is 17.6 Å². The molecular formula is C14H16F4O3. The molecule has 0 amide bonds. The van der Waals surface area contributed by atoms with Gasteiger partial charge in [-0.15, -0.1) is 0 Å². The molecule has 0 aliphatic rings. The summed E-state index contributed by atoms with van der Waals surface area (Å²) in [5.74, 6) is -8.16. The third-order valence-corrected chi connectivity index (χ3v) is 2.95. The molecule has 1 rings (SSSR count). The largest absolute Gasteiger partial charge is 0.497 e. The molecule has 0 radical (unpaired) electrons. The van der Waals surface area contributed by atoms with Crippen LogP contribution in [0, 0.1) is 17.0 Å². The first-order chi connectivity index (χ1) is 9.48. The number of aliphatic carboxylic acids is 1. The maximum atomic E-state index is 14.1. The Morgan fingerprint density at radius 1 is 1.24 bits per heavy atom. The van der Waals surface area contributed by atoms with Crippen molar-refractivity contribution in [1.29, 1.82) is 0 Å². The lowest BCUT2D eigenvalue weighted by Crippen LogP contribution is -2.28. The average Bonchev–Trinajstić information content (AvgIpc) is 2.23. The van der Waals surface area contributed by atoms with Gasteiger partial charge in [-0.05, 0) is 5.41 Å². The van der Waals surface area contributed by atoms with E-state index in [1.165, 1.54) is 13.8 Å². The van der Waals surface area contributed by atoms with E-state index in [0.29, 0.717) is 12.1 Å². The van der Waals surface area contributed by atoms with Gasteiger partial charge in [-0.3, -0.25) is 4.79 Å². The summed E-state index contributed by atoms with van der Waals surface area (Å²) < 4.78 is 60.3. The van der Waals surface area contributed by atoms with Crippen molar-refractivity contribution < 1.29 is 32.2 Å². The smallest absolute Gasteiger partial charge is 0.303 e. The van der Waals surface area contributed by atoms with Crippen molar-refractivity contribution in [2.45, 2.75) is 32.6 Å². The molecule has 7 heteroatoms. The number of benzene rings is 1. The summed E-state index contributed by atoms with van der Waals surface area (Å²) in [6.45, 7) is 2.60. The van der Waals surface area contributed by atoms with Crippen LogP contribution in [0.15, 0.2) is 12.1 Å². The monoisotopic (exact) mass is 308 g/mol. The number of methoxy groups -OCH3 is 1. The molecule has 1 aromatic rings. The molecule has 0 spiro atoms. The Labute approximate surface area is 119 Å². The van der Waals surface area contributed by atoms with E-state index in [9.17, 15) is 22.4 Å². The van der Waals surface area contributed by atoms with Crippen molar-refractivity contribution in [1.82, 2.24) is 0 Å². The van der Waals surface area contributed by atoms with Gasteiger partial charge in [0, 0.05) is 18.6 Å². The molecule has 0 unspecified atom stereocenters. The fourth-order valence-corrected chi connectivity index (χ4v) is 2.18. The van der Waals surface area contributed by atoms with E-state index in [2.05, 4.69) is 4.74 Å². The second-order valence-corrected chi connectivity index (χ2v) is 5.58. The number of halogens is 4. The van der Waals surface area contributed by atoms with Gasteiger partial charge in [0.05, 0.1) is 19.1 Å². The van der Waals surface area contributed by atoms with Crippen molar-refractivity contribution in [2.75, 3.05) is 7.11 Å². The molecule has 0 saturated heterocycles. The lowest BCUT2D eigenvalue weighted by atomic mass is 9.81. The van der Waals surface area contributed by atoms with Crippen molar-refractivity contribution in [3.05, 3.63) is 29.3 Å². The van der Waals surface area contributed by atoms with Crippen LogP contribution in [0.2, 0.25) is 0 Å². The molecule has 3 nitrogen and oxygen atoms in total. The van der Waals surface area contributed by atoms with E-state index >= 15 is 0 Å². The summed E-state index contributed by atoms with van der Waals surface area (Å²) in [6.07, 6.45) is -1.53. The number of carboxylic acid groups (broad SMARTS) is 1. The minimum absolute atomic E-state index is 0.214. The summed E-state index contributed by atoms with van der Waals surface area (Å²) in [7, 11) is 1.15. The molecule has 0 heterocycles. The molecular weight excluding hydrogens is 292 g/mol. The summed E-state index contributed by atoms with van der Waals surface area (Å²) >= 11 is 0. The minimum Gasteiger partial charge on any atom is -0.497 e. The Morgan fingerprint density at radius 3 is 2.10 bits per heavy atom. The Bertz CT molecular complexity index is 518. The Balaban J connectivity index is 3.16. The van der Waals surface area contributed by atoms with Gasteiger partial charge in [-0.1, -0.05) is 13.8 Å². The first-order valence-corrected chi connectivity index (χ1v) is 6.11. The van der Waals surface area contributed by atoms with Gasteiger partial charge in [0.1, 0.15) is 17.4 Å². The summed E-state index contributed by atoms with van der Waals surface area (Å²) in [4.78, 5) is 10.6. The van der Waals surface area contributed by atoms with Crippen LogP contribution in [0.25, 0.3) is 0 Å². The fraction of sp³-hybridized carbons (Fsp3) is 0.500. The van der Waals surface area contributed by atoms with E-state index in [1.54, 1.807) is 0 Å². The third-order valence-electron chi connectivity index (χ3n) is 2.95. The van der Waals surface area contributed by atoms with E-state index in [-0.39, 0.29) is 5.75 Å². The van der Waals surface area contributed by atoms with Crippen LogP contribution in [-0.4, -0.2) is 18.2 Å². The molecule has 0 aliphatic heterocycles. The van der Waals surface area contributed by atoms with Gasteiger partial charge in [0.2, 0.25) is 0 Å². The number of rotatable bonds is 6. The van der Waals surface area contributed by atoms with Crippen LogP contribution in [0.1, 0.15) is 32.3 Å². The van der Waals surface area contributed by atoms with Crippen LogP contribution >= 0.6 is 0 Å². The quantitative estimate of drug-likeness (QED) is 0.809. The first-order valence-electron chi connectivity index (χ1n) is 6.11. The van der Waals surface area contributed by atoms with Gasteiger partial charge >= 0.3 is 5.97 Å². The van der Waals surface area contributed by atoms with Gasteiger partial charge in [-0.2, -0.15) is 0 Å². The average molecular weight is 308 g/mol. The Hall–Kier alpha value is -1.79. The SMILES string of the molecule is COc1cc(F)c(C(F)(F)CC(C)(C)CC(=O)O)c(F)c1. The zero-order valence-electron chi connectivity index (χ0n) is 11.8. The Kier molecular flexibility index (Phi) is 4.86. The lowest BCUT2D eigenvalue weighted by Gasteiger charge is -2.28. The molecule has 1 aromatic carbocycles. The number of alkyl halides is 2. The Morgan fingerprint density at radius 2 is 1.71 bits per heavy atom. The topological polar surface area (TPSA) is 46.5 Å². The molecule has 118 valence electrons. The van der Waals surface area contributed by atoms with Gasteiger partial charge in [0.25, 0.3) is 5.92 Å². The van der Waals surface area contributed by atoms with Gasteiger partial charge < -0.3 is 9.84 Å². The highest BCUT2D eigenvalue weighted by Crippen LogP contribution is 2.43. The van der Waals surface area contributed by atoms with Crippen molar-refractivity contribution >= 4 is 5.97 Å². The molecule has 0 aromatic heterocycles. The summed E-state index contributed by atoms with van der Waals surface area (Å²) in [5.41, 5.74) is -2.70. The minimum atomic E-state index is -3.83. The maximum Gasteiger partial charge on any atom is 0.303 e. The second kappa shape index (κ2) is 5.91. The second-order valence-electron chi connectivity index (χ2n) is 5.58. The van der Waals surface area contributed by atoms with Crippen molar-refractivity contribution in [3.8, 4) is 5.75 Å². The fourth-order valence-electron chi connectivity index (χ4n) is 2.18. The van der Waals surface area contributed by atoms with Crippen LogP contribution in [-0.2, 0) is 10.7 Å². The van der Waals surface area contributed by atoms with Crippen molar-refractivity contribution in [3.63, 3.8) is 0 Å². The molecule has 21 heavy (non-hydrogen) atoms. The molecule has 0 atom stereocenters. The molecule has 0 saturated carbocycles. The van der Waals surface area contributed by atoms with E-state index in [4.69, 9.17) is 5.11 Å². The number of hydrogen-bond donors (Lipinski definition) is 1. The van der Waals surface area contributed by atoms with Crippen LogP contribution < -0.4 is 4.74 Å². The van der Waals surface area contributed by atoms with Crippen molar-refractivity contribution in [2.24, 2.45) is 5.41 Å². The van der Waals surface area contributed by atoms with E-state index in [0.717, 1.165) is 7.11 Å². The molecule has 0 bridgehead atoms. The highest BCUT2D eigenvalue weighted by molar-refractivity contribution is 5.67. The van der Waals surface area contributed by atoms with Crippen LogP contribution in [0.5, 0.6) is 5.75 Å². The standard InChI is InChI=1S/C14H16F4O3/c1-13(2,6-11(19)20)7-14(17,18)12-9(15)4-8(21-3)5-10(12)16/h4-5H,6-7H2,1-3H3,(H,19,20). The van der Waals surface area contributed by atoms with E-state index in [1.807, 2.05) is 0 Å². The van der Waals surface area contributed by atoms with E-state index < -0.39 is 47.3 Å². The number of carboxylic acids is 1. The zero-order chi connectivity index (χ0) is 16.4. The third kappa shape index (κ3) is 4.34. The first kappa shape index (κ1) is 17.3. The number of ether oxygens (including phenoxy) is 1. The normalized spacial score (nSPS) is 12.3. The predicted octanol–water partition coefficient (Wildman–Crippen LogP) is 3.96. The van der Waals surface area contributed by atoms with Gasteiger partial charge in [0.15, 0.2) is 0 Å². The molecule has 0 aliphatic carbocycles. The molecule has 0 fully saturated rings. The lowest BCUT2D eigenvalue weighted by molar-refractivity contribution is -0.141. The van der Waals surface area contributed by atoms with Crippen LogP contribution in [0.3, 0.4) is 0 Å². The summed E-state index contributed by atoms with van der Waals surface area (Å²) in [6, 6.07) is 1.33. The number of hydrogen-bond acceptors (Lipinski definition) is 2.